The summed E-state index contributed by atoms with van der Waals surface area (Å²) < 4.78 is 15.7. The van der Waals surface area contributed by atoms with Crippen molar-refractivity contribution in [2.45, 2.75) is 42.2 Å². The highest BCUT2D eigenvalue weighted by Crippen LogP contribution is 2.69. The van der Waals surface area contributed by atoms with Crippen molar-refractivity contribution in [2.75, 3.05) is 0 Å². The molecule has 0 saturated carbocycles. The van der Waals surface area contributed by atoms with Crippen LogP contribution in [-0.2, 0) is 19.8 Å². The van der Waals surface area contributed by atoms with E-state index in [4.69, 9.17) is 9.47 Å². The Morgan fingerprint density at radius 2 is 0.492 bits per heavy atom. The maximum absolute atomic E-state index is 7.83. The molecule has 59 heavy (non-hydrogen) atoms. The van der Waals surface area contributed by atoms with Crippen LogP contribution in [0.25, 0.3) is 0 Å². The molecule has 1 aliphatic heterocycles. The van der Waals surface area contributed by atoms with Crippen molar-refractivity contribution in [3.8, 4) is 0 Å². The van der Waals surface area contributed by atoms with E-state index in [9.17, 15) is 0 Å². The molecule has 1 saturated heterocycles. The van der Waals surface area contributed by atoms with Gasteiger partial charge in [0.05, 0.1) is 10.3 Å². The Morgan fingerprint density at radius 3 is 0.695 bits per heavy atom. The highest BCUT2D eigenvalue weighted by molar-refractivity contribution is 7.75. The molecule has 290 valence electrons. The third-order valence-corrected chi connectivity index (χ3v) is 17.7. The van der Waals surface area contributed by atoms with E-state index < -0.39 is 44.2 Å². The normalized spacial score (nSPS) is 16.6. The van der Waals surface area contributed by atoms with Gasteiger partial charge in [-0.05, 0) is 73.2 Å². The molecule has 1 fully saturated rings. The fourth-order valence-electron chi connectivity index (χ4n) is 9.32. The SMILES string of the molecule is CC1(C)OC(C(c2ccccc2)(c2ccccc2)P(c2ccccc2)c2ccccc2)C(C(c2ccccc2)(c2ccccc2)P(c2ccccc2)c2ccccc2)O1. The second-order valence-electron chi connectivity index (χ2n) is 15.5. The first-order chi connectivity index (χ1) is 29.0. The monoisotopic (exact) mass is 802 g/mol. The van der Waals surface area contributed by atoms with Gasteiger partial charge in [0.2, 0.25) is 0 Å². The summed E-state index contributed by atoms with van der Waals surface area (Å²) in [4.78, 5) is 0. The van der Waals surface area contributed by atoms with E-state index in [1.807, 2.05) is 0 Å². The summed E-state index contributed by atoms with van der Waals surface area (Å²) in [7, 11) is -2.48. The topological polar surface area (TPSA) is 18.5 Å². The van der Waals surface area contributed by atoms with Crippen LogP contribution in [0.5, 0.6) is 0 Å². The van der Waals surface area contributed by atoms with Gasteiger partial charge in [-0.25, -0.2) is 0 Å². The van der Waals surface area contributed by atoms with Gasteiger partial charge in [0.15, 0.2) is 5.79 Å². The molecule has 0 spiro atoms. The Bertz CT molecular complexity index is 2180. The zero-order valence-electron chi connectivity index (χ0n) is 33.5. The first kappa shape index (κ1) is 39.0. The van der Waals surface area contributed by atoms with E-state index in [0.717, 1.165) is 0 Å². The highest BCUT2D eigenvalue weighted by atomic mass is 31.1. The lowest BCUT2D eigenvalue weighted by atomic mass is 9.75. The van der Waals surface area contributed by atoms with Crippen LogP contribution in [0, 0.1) is 0 Å². The largest absolute Gasteiger partial charge is 0.343 e. The van der Waals surface area contributed by atoms with Crippen molar-refractivity contribution < 1.29 is 9.47 Å². The first-order valence-corrected chi connectivity index (χ1v) is 23.1. The second-order valence-corrected chi connectivity index (χ2v) is 20.3. The zero-order chi connectivity index (χ0) is 40.1. The van der Waals surface area contributed by atoms with E-state index in [2.05, 4.69) is 257 Å². The molecule has 0 N–H and O–H groups in total. The van der Waals surface area contributed by atoms with Gasteiger partial charge in [-0.2, -0.15) is 0 Å². The van der Waals surface area contributed by atoms with Gasteiger partial charge in [0, 0.05) is 0 Å². The highest BCUT2D eigenvalue weighted by Gasteiger charge is 2.66. The van der Waals surface area contributed by atoms with Crippen LogP contribution in [0.2, 0.25) is 0 Å². The van der Waals surface area contributed by atoms with Gasteiger partial charge >= 0.3 is 0 Å². The Kier molecular flexibility index (Phi) is 11.3. The minimum absolute atomic E-state index is 0.508. The van der Waals surface area contributed by atoms with E-state index in [-0.39, 0.29) is 0 Å². The van der Waals surface area contributed by atoms with Gasteiger partial charge < -0.3 is 9.47 Å². The lowest BCUT2D eigenvalue weighted by molar-refractivity contribution is -0.150. The van der Waals surface area contributed by atoms with Crippen LogP contribution in [0.1, 0.15) is 36.1 Å². The molecule has 8 aromatic carbocycles. The van der Waals surface area contributed by atoms with Crippen LogP contribution >= 0.6 is 15.8 Å². The summed E-state index contributed by atoms with van der Waals surface area (Å²) in [6.07, 6.45) is -1.02. The maximum Gasteiger partial charge on any atom is 0.163 e. The quantitative estimate of drug-likeness (QED) is 0.115. The summed E-state index contributed by atoms with van der Waals surface area (Å²) in [6.45, 7) is 4.23. The summed E-state index contributed by atoms with van der Waals surface area (Å²) in [5.74, 6) is -0.957. The first-order valence-electron chi connectivity index (χ1n) is 20.4. The predicted molar refractivity (Wildman–Crippen MR) is 249 cm³/mol. The maximum atomic E-state index is 7.83. The van der Waals surface area contributed by atoms with E-state index in [1.165, 1.54) is 43.5 Å². The molecule has 0 amide bonds. The summed E-state index contributed by atoms with van der Waals surface area (Å²) >= 11 is 0. The van der Waals surface area contributed by atoms with Crippen LogP contribution in [0.15, 0.2) is 243 Å². The molecule has 0 bridgehead atoms. The molecule has 8 aromatic rings. The molecule has 1 heterocycles. The summed E-state index contributed by atoms with van der Waals surface area (Å²) in [5.41, 5.74) is 4.78. The summed E-state index contributed by atoms with van der Waals surface area (Å²) in [5, 5.41) is 3.56. The van der Waals surface area contributed by atoms with Crippen molar-refractivity contribution >= 4 is 37.1 Å². The van der Waals surface area contributed by atoms with Crippen molar-refractivity contribution in [3.63, 3.8) is 0 Å². The molecule has 1 aliphatic rings. The molecule has 2 nitrogen and oxygen atoms in total. The summed E-state index contributed by atoms with van der Waals surface area (Å²) in [6, 6.07) is 89.1. The molecule has 2 atom stereocenters. The lowest BCUT2D eigenvalue weighted by Crippen LogP contribution is -2.56. The number of benzene rings is 8. The van der Waals surface area contributed by atoms with Crippen LogP contribution in [-0.4, -0.2) is 18.0 Å². The van der Waals surface area contributed by atoms with Crippen LogP contribution < -0.4 is 21.2 Å². The predicted octanol–water partition coefficient (Wildman–Crippen LogP) is 11.7. The van der Waals surface area contributed by atoms with Crippen molar-refractivity contribution in [1.82, 2.24) is 0 Å². The standard InChI is InChI=1S/C55H48O2P2/c1-53(2)56-51(54(43-27-11-3-12-28-43,44-29-13-4-14-30-44)58(47-35-19-7-20-36-47)48-37-21-8-22-38-48)52(57-53)55(45-31-15-5-16-32-45,46-33-17-6-18-34-46)59(49-39-23-9-24-40-49)50-41-25-10-26-42-50/h3-42,51-52H,1-2H3. The third kappa shape index (κ3) is 7.20. The molecule has 0 aliphatic carbocycles. The molecule has 0 radical (unpaired) electrons. The van der Waals surface area contributed by atoms with Gasteiger partial charge in [0.25, 0.3) is 0 Å². The fraction of sp³-hybridized carbons (Fsp3) is 0.127. The molecule has 2 unspecified atom stereocenters. The number of hydrogen-bond donors (Lipinski definition) is 0. The third-order valence-electron chi connectivity index (χ3n) is 11.5. The minimum atomic E-state index is -1.24. The van der Waals surface area contributed by atoms with E-state index >= 15 is 0 Å². The number of hydrogen-bond acceptors (Lipinski definition) is 2. The molecule has 0 aromatic heterocycles. The average Bonchev–Trinajstić information content (AvgIpc) is 3.64. The van der Waals surface area contributed by atoms with Gasteiger partial charge in [0.1, 0.15) is 12.2 Å². The van der Waals surface area contributed by atoms with Crippen molar-refractivity contribution in [3.05, 3.63) is 265 Å². The second kappa shape index (κ2) is 17.0. The Labute approximate surface area is 352 Å². The average molecular weight is 803 g/mol. The lowest BCUT2D eigenvalue weighted by Gasteiger charge is -2.53. The van der Waals surface area contributed by atoms with Crippen LogP contribution in [0.3, 0.4) is 0 Å². The smallest absolute Gasteiger partial charge is 0.163 e. The van der Waals surface area contributed by atoms with Gasteiger partial charge in [-0.15, -0.1) is 0 Å². The Morgan fingerprint density at radius 1 is 0.305 bits per heavy atom. The Hall–Kier alpha value is -5.46. The Balaban J connectivity index is 1.48. The van der Waals surface area contributed by atoms with Gasteiger partial charge in [-0.3, -0.25) is 0 Å². The fourth-order valence-corrected chi connectivity index (χ4v) is 15.9. The molecular weight excluding hydrogens is 755 g/mol. The molecule has 9 rings (SSSR count). The number of ether oxygens (including phenoxy) is 2. The molecular formula is C55H48O2P2. The van der Waals surface area contributed by atoms with Crippen molar-refractivity contribution in [1.29, 1.82) is 0 Å². The van der Waals surface area contributed by atoms with E-state index in [1.54, 1.807) is 0 Å². The minimum Gasteiger partial charge on any atom is -0.343 e. The molecule has 4 heteroatoms. The number of rotatable bonds is 12. The van der Waals surface area contributed by atoms with E-state index in [0.29, 0.717) is 0 Å². The van der Waals surface area contributed by atoms with Gasteiger partial charge in [-0.1, -0.05) is 243 Å². The zero-order valence-corrected chi connectivity index (χ0v) is 35.2. The van der Waals surface area contributed by atoms with Crippen molar-refractivity contribution in [2.24, 2.45) is 0 Å². The van der Waals surface area contributed by atoms with Crippen LogP contribution in [0.4, 0.5) is 0 Å².